The van der Waals surface area contributed by atoms with Gasteiger partial charge in [-0.25, -0.2) is 9.37 Å². The van der Waals surface area contributed by atoms with Crippen molar-refractivity contribution in [3.63, 3.8) is 0 Å². The lowest BCUT2D eigenvalue weighted by Crippen LogP contribution is -2.02. The van der Waals surface area contributed by atoms with E-state index in [-0.39, 0.29) is 5.82 Å². The van der Waals surface area contributed by atoms with Crippen molar-refractivity contribution in [1.29, 1.82) is 0 Å². The molecule has 0 amide bonds. The van der Waals surface area contributed by atoms with Crippen molar-refractivity contribution in [2.45, 2.75) is 13.5 Å². The summed E-state index contributed by atoms with van der Waals surface area (Å²) in [6, 6.07) is 10.8. The standard InChI is InChI=1S/C13H12BrFN2/c1-9-5-6-10(7-12(9)15)16-8-11-3-2-4-13(14)17-11/h2-7,16H,8H2,1H3. The van der Waals surface area contributed by atoms with Crippen LogP contribution in [0.25, 0.3) is 0 Å². The predicted octanol–water partition coefficient (Wildman–Crippen LogP) is 3.90. The molecule has 0 spiro atoms. The fourth-order valence-corrected chi connectivity index (χ4v) is 1.82. The number of hydrogen-bond acceptors (Lipinski definition) is 2. The Balaban J connectivity index is 2.05. The number of anilines is 1. The number of benzene rings is 1. The Morgan fingerprint density at radius 3 is 2.82 bits per heavy atom. The molecule has 2 rings (SSSR count). The summed E-state index contributed by atoms with van der Waals surface area (Å²) >= 11 is 3.31. The van der Waals surface area contributed by atoms with Gasteiger partial charge >= 0.3 is 0 Å². The Bertz CT molecular complexity index is 529. The minimum Gasteiger partial charge on any atom is -0.379 e. The normalized spacial score (nSPS) is 10.3. The van der Waals surface area contributed by atoms with Gasteiger partial charge in [-0.05, 0) is 52.7 Å². The van der Waals surface area contributed by atoms with E-state index in [0.29, 0.717) is 12.1 Å². The van der Waals surface area contributed by atoms with Crippen LogP contribution in [0.3, 0.4) is 0 Å². The summed E-state index contributed by atoms with van der Waals surface area (Å²) in [6.07, 6.45) is 0. The number of nitrogens with one attached hydrogen (secondary N) is 1. The van der Waals surface area contributed by atoms with Crippen molar-refractivity contribution in [3.05, 3.63) is 58.1 Å². The number of aromatic nitrogens is 1. The molecule has 1 aromatic heterocycles. The number of hydrogen-bond donors (Lipinski definition) is 1. The zero-order valence-corrected chi connectivity index (χ0v) is 11.0. The van der Waals surface area contributed by atoms with Crippen LogP contribution >= 0.6 is 15.9 Å². The molecule has 1 N–H and O–H groups in total. The van der Waals surface area contributed by atoms with Crippen molar-refractivity contribution in [2.24, 2.45) is 0 Å². The second-order valence-electron chi connectivity index (χ2n) is 3.77. The molecule has 2 nitrogen and oxygen atoms in total. The van der Waals surface area contributed by atoms with E-state index in [9.17, 15) is 4.39 Å². The first-order chi connectivity index (χ1) is 8.15. The predicted molar refractivity (Wildman–Crippen MR) is 70.4 cm³/mol. The van der Waals surface area contributed by atoms with Crippen LogP contribution in [0, 0.1) is 12.7 Å². The summed E-state index contributed by atoms with van der Waals surface area (Å²) in [5.41, 5.74) is 2.31. The van der Waals surface area contributed by atoms with Crippen LogP contribution in [0.15, 0.2) is 41.0 Å². The molecule has 1 aromatic carbocycles. The van der Waals surface area contributed by atoms with E-state index in [0.717, 1.165) is 16.0 Å². The van der Waals surface area contributed by atoms with Crippen LogP contribution in [0.1, 0.15) is 11.3 Å². The Kier molecular flexibility index (Phi) is 3.74. The number of aryl methyl sites for hydroxylation is 1. The molecule has 0 saturated carbocycles. The largest absolute Gasteiger partial charge is 0.379 e. The van der Waals surface area contributed by atoms with E-state index in [1.54, 1.807) is 13.0 Å². The van der Waals surface area contributed by atoms with Gasteiger partial charge in [0.1, 0.15) is 10.4 Å². The van der Waals surface area contributed by atoms with Crippen LogP contribution < -0.4 is 5.32 Å². The van der Waals surface area contributed by atoms with Gasteiger partial charge in [-0.2, -0.15) is 0 Å². The summed E-state index contributed by atoms with van der Waals surface area (Å²) in [5, 5.41) is 3.13. The summed E-state index contributed by atoms with van der Waals surface area (Å²) in [5.74, 6) is -0.197. The topological polar surface area (TPSA) is 24.9 Å². The van der Waals surface area contributed by atoms with Crippen LogP contribution in [-0.4, -0.2) is 4.98 Å². The van der Waals surface area contributed by atoms with Crippen LogP contribution in [0.2, 0.25) is 0 Å². The van der Waals surface area contributed by atoms with E-state index in [4.69, 9.17) is 0 Å². The lowest BCUT2D eigenvalue weighted by molar-refractivity contribution is 0.619. The van der Waals surface area contributed by atoms with E-state index >= 15 is 0 Å². The third-order valence-electron chi connectivity index (χ3n) is 2.42. The third kappa shape index (κ3) is 3.27. The van der Waals surface area contributed by atoms with Crippen molar-refractivity contribution in [1.82, 2.24) is 4.98 Å². The lowest BCUT2D eigenvalue weighted by Gasteiger charge is -2.07. The zero-order valence-electron chi connectivity index (χ0n) is 9.37. The maximum atomic E-state index is 13.3. The Morgan fingerprint density at radius 2 is 2.12 bits per heavy atom. The minimum absolute atomic E-state index is 0.197. The molecule has 88 valence electrons. The van der Waals surface area contributed by atoms with E-state index < -0.39 is 0 Å². The quantitative estimate of drug-likeness (QED) is 0.869. The van der Waals surface area contributed by atoms with Crippen LogP contribution in [0.5, 0.6) is 0 Å². The summed E-state index contributed by atoms with van der Waals surface area (Å²) in [4.78, 5) is 4.29. The first-order valence-electron chi connectivity index (χ1n) is 5.26. The second-order valence-corrected chi connectivity index (χ2v) is 4.58. The van der Waals surface area contributed by atoms with Gasteiger partial charge in [-0.3, -0.25) is 0 Å². The zero-order chi connectivity index (χ0) is 12.3. The van der Waals surface area contributed by atoms with E-state index in [2.05, 4.69) is 26.2 Å². The van der Waals surface area contributed by atoms with E-state index in [1.807, 2.05) is 24.3 Å². The first-order valence-corrected chi connectivity index (χ1v) is 6.06. The van der Waals surface area contributed by atoms with Gasteiger partial charge in [0.25, 0.3) is 0 Å². The molecule has 0 atom stereocenters. The number of rotatable bonds is 3. The Hall–Kier alpha value is -1.42. The third-order valence-corrected chi connectivity index (χ3v) is 2.86. The highest BCUT2D eigenvalue weighted by Gasteiger charge is 2.00. The van der Waals surface area contributed by atoms with Gasteiger partial charge in [-0.1, -0.05) is 12.1 Å². The summed E-state index contributed by atoms with van der Waals surface area (Å²) in [7, 11) is 0. The highest BCUT2D eigenvalue weighted by atomic mass is 79.9. The Morgan fingerprint density at radius 1 is 1.29 bits per heavy atom. The highest BCUT2D eigenvalue weighted by molar-refractivity contribution is 9.10. The molecular weight excluding hydrogens is 283 g/mol. The van der Waals surface area contributed by atoms with Gasteiger partial charge in [0, 0.05) is 5.69 Å². The molecule has 0 unspecified atom stereocenters. The maximum absolute atomic E-state index is 13.3. The highest BCUT2D eigenvalue weighted by Crippen LogP contribution is 2.14. The van der Waals surface area contributed by atoms with Crippen molar-refractivity contribution < 1.29 is 4.39 Å². The van der Waals surface area contributed by atoms with Gasteiger partial charge in [0.05, 0.1) is 12.2 Å². The molecule has 0 aliphatic rings. The molecule has 17 heavy (non-hydrogen) atoms. The summed E-state index contributed by atoms with van der Waals surface area (Å²) in [6.45, 7) is 2.32. The maximum Gasteiger partial charge on any atom is 0.128 e. The SMILES string of the molecule is Cc1ccc(NCc2cccc(Br)n2)cc1F. The molecular formula is C13H12BrFN2. The lowest BCUT2D eigenvalue weighted by atomic mass is 10.2. The van der Waals surface area contributed by atoms with E-state index in [1.165, 1.54) is 6.07 Å². The van der Waals surface area contributed by atoms with Crippen molar-refractivity contribution >= 4 is 21.6 Å². The van der Waals surface area contributed by atoms with Gasteiger partial charge in [0.15, 0.2) is 0 Å². The second kappa shape index (κ2) is 5.27. The summed E-state index contributed by atoms with van der Waals surface area (Å²) < 4.78 is 14.1. The molecule has 0 aliphatic carbocycles. The van der Waals surface area contributed by atoms with Crippen LogP contribution in [0.4, 0.5) is 10.1 Å². The van der Waals surface area contributed by atoms with Gasteiger partial charge in [-0.15, -0.1) is 0 Å². The fraction of sp³-hybridized carbons (Fsp3) is 0.154. The van der Waals surface area contributed by atoms with Crippen molar-refractivity contribution in [3.8, 4) is 0 Å². The molecule has 0 radical (unpaired) electrons. The molecule has 0 fully saturated rings. The number of halogens is 2. The molecule has 0 aliphatic heterocycles. The molecule has 1 heterocycles. The van der Waals surface area contributed by atoms with Crippen LogP contribution in [-0.2, 0) is 6.54 Å². The monoisotopic (exact) mass is 294 g/mol. The smallest absolute Gasteiger partial charge is 0.128 e. The number of nitrogens with zero attached hydrogens (tertiary/aromatic N) is 1. The average Bonchev–Trinajstić information content (AvgIpc) is 2.31. The van der Waals surface area contributed by atoms with Gasteiger partial charge < -0.3 is 5.32 Å². The fourth-order valence-electron chi connectivity index (χ4n) is 1.44. The molecule has 4 heteroatoms. The molecule has 0 bridgehead atoms. The average molecular weight is 295 g/mol. The van der Waals surface area contributed by atoms with Gasteiger partial charge in [0.2, 0.25) is 0 Å². The number of pyridine rings is 1. The first kappa shape index (κ1) is 12.0. The minimum atomic E-state index is -0.197. The van der Waals surface area contributed by atoms with Crippen molar-refractivity contribution in [2.75, 3.05) is 5.32 Å². The Labute approximate surface area is 108 Å². The molecule has 0 saturated heterocycles. The molecule has 2 aromatic rings.